The van der Waals surface area contributed by atoms with Gasteiger partial charge in [0.05, 0.1) is 11.3 Å². The number of amides is 1. The van der Waals surface area contributed by atoms with Crippen LogP contribution in [-0.2, 0) is 6.54 Å². The van der Waals surface area contributed by atoms with Crippen LogP contribution in [0.15, 0.2) is 54.9 Å². The zero-order valence-electron chi connectivity index (χ0n) is 13.3. The van der Waals surface area contributed by atoms with E-state index in [-0.39, 0.29) is 11.9 Å². The number of rotatable bonds is 5. The highest BCUT2D eigenvalue weighted by Gasteiger charge is 2.13. The molecule has 1 atom stereocenters. The van der Waals surface area contributed by atoms with Crippen LogP contribution in [0.2, 0.25) is 0 Å². The molecule has 1 unspecified atom stereocenters. The van der Waals surface area contributed by atoms with Crippen molar-refractivity contribution in [1.82, 2.24) is 25.5 Å². The lowest BCUT2D eigenvalue weighted by Gasteiger charge is -2.10. The number of nitrogens with one attached hydrogen (secondary N) is 1. The monoisotopic (exact) mass is 322 g/mol. The molecule has 0 fully saturated rings. The van der Waals surface area contributed by atoms with Gasteiger partial charge in [0.15, 0.2) is 0 Å². The van der Waals surface area contributed by atoms with E-state index in [4.69, 9.17) is 5.73 Å². The van der Waals surface area contributed by atoms with Gasteiger partial charge in [0.2, 0.25) is 0 Å². The topological polar surface area (TPSA) is 98.7 Å². The molecule has 7 heteroatoms. The summed E-state index contributed by atoms with van der Waals surface area (Å²) in [5.41, 5.74) is 9.05. The number of aromatic nitrogens is 4. The maximum Gasteiger partial charge on any atom is 0.253 e. The number of nitrogens with two attached hydrogens (primary N) is 1. The third-order valence-electron chi connectivity index (χ3n) is 3.70. The first kappa shape index (κ1) is 15.8. The quantitative estimate of drug-likeness (QED) is 0.743. The standard InChI is InChI=1S/C17H18N6O/c1-12(18)14-8-6-13(7-9-14)10-19-17(24)15-4-2-3-5-16(15)23-11-20-21-22-23/h2-9,11-12H,10,18H2,1H3,(H,19,24). The molecule has 2 aromatic carbocycles. The van der Waals surface area contributed by atoms with Gasteiger partial charge in [0.25, 0.3) is 5.91 Å². The van der Waals surface area contributed by atoms with Crippen molar-refractivity contribution in [3.05, 3.63) is 71.5 Å². The second-order valence-electron chi connectivity index (χ2n) is 5.48. The molecule has 0 radical (unpaired) electrons. The Labute approximate surface area is 139 Å². The third-order valence-corrected chi connectivity index (χ3v) is 3.70. The van der Waals surface area contributed by atoms with Gasteiger partial charge in [-0.15, -0.1) is 5.10 Å². The van der Waals surface area contributed by atoms with Gasteiger partial charge in [-0.05, 0) is 40.6 Å². The summed E-state index contributed by atoms with van der Waals surface area (Å²) in [4.78, 5) is 12.5. The number of hydrogen-bond donors (Lipinski definition) is 2. The zero-order chi connectivity index (χ0) is 16.9. The first-order valence-corrected chi connectivity index (χ1v) is 7.60. The predicted molar refractivity (Wildman–Crippen MR) is 89.4 cm³/mol. The summed E-state index contributed by atoms with van der Waals surface area (Å²) in [5, 5.41) is 14.0. The predicted octanol–water partition coefficient (Wildman–Crippen LogP) is 1.61. The Morgan fingerprint density at radius 3 is 2.62 bits per heavy atom. The molecule has 1 heterocycles. The molecular formula is C17H18N6O. The van der Waals surface area contributed by atoms with E-state index in [0.717, 1.165) is 11.1 Å². The molecule has 122 valence electrons. The molecule has 24 heavy (non-hydrogen) atoms. The van der Waals surface area contributed by atoms with Gasteiger partial charge in [-0.1, -0.05) is 36.4 Å². The average Bonchev–Trinajstić information content (AvgIpc) is 3.14. The summed E-state index contributed by atoms with van der Waals surface area (Å²) >= 11 is 0. The molecule has 1 amide bonds. The number of nitrogens with zero attached hydrogens (tertiary/aromatic N) is 4. The number of tetrazole rings is 1. The van der Waals surface area contributed by atoms with Crippen LogP contribution >= 0.6 is 0 Å². The van der Waals surface area contributed by atoms with Gasteiger partial charge in [-0.2, -0.15) is 4.68 Å². The Kier molecular flexibility index (Phi) is 4.62. The molecule has 0 aliphatic rings. The van der Waals surface area contributed by atoms with Crippen molar-refractivity contribution in [3.63, 3.8) is 0 Å². The fourth-order valence-electron chi connectivity index (χ4n) is 2.35. The van der Waals surface area contributed by atoms with E-state index >= 15 is 0 Å². The summed E-state index contributed by atoms with van der Waals surface area (Å²) < 4.78 is 1.46. The molecule has 0 aliphatic carbocycles. The fraction of sp³-hybridized carbons (Fsp3) is 0.176. The lowest BCUT2D eigenvalue weighted by atomic mass is 10.1. The molecule has 3 N–H and O–H groups in total. The molecule has 7 nitrogen and oxygen atoms in total. The van der Waals surface area contributed by atoms with Gasteiger partial charge >= 0.3 is 0 Å². The largest absolute Gasteiger partial charge is 0.348 e. The molecule has 0 saturated heterocycles. The van der Waals surface area contributed by atoms with Crippen LogP contribution in [0, 0.1) is 0 Å². The molecule has 1 aromatic heterocycles. The van der Waals surface area contributed by atoms with Crippen LogP contribution in [0.1, 0.15) is 34.5 Å². The van der Waals surface area contributed by atoms with Gasteiger partial charge in [0.1, 0.15) is 6.33 Å². The van der Waals surface area contributed by atoms with Crippen molar-refractivity contribution < 1.29 is 4.79 Å². The lowest BCUT2D eigenvalue weighted by molar-refractivity contribution is 0.0950. The summed E-state index contributed by atoms with van der Waals surface area (Å²) in [6, 6.07) is 15.0. The minimum atomic E-state index is -0.183. The minimum Gasteiger partial charge on any atom is -0.348 e. The van der Waals surface area contributed by atoms with Crippen LogP contribution in [-0.4, -0.2) is 26.1 Å². The maximum atomic E-state index is 12.5. The number of para-hydroxylation sites is 1. The van der Waals surface area contributed by atoms with Gasteiger partial charge in [-0.25, -0.2) is 0 Å². The molecule has 0 bridgehead atoms. The van der Waals surface area contributed by atoms with Crippen LogP contribution in [0.4, 0.5) is 0 Å². The van der Waals surface area contributed by atoms with Crippen molar-refractivity contribution >= 4 is 5.91 Å². The first-order valence-electron chi connectivity index (χ1n) is 7.60. The van der Waals surface area contributed by atoms with Crippen LogP contribution in [0.3, 0.4) is 0 Å². The highest BCUT2D eigenvalue weighted by Crippen LogP contribution is 2.14. The Morgan fingerprint density at radius 2 is 1.96 bits per heavy atom. The van der Waals surface area contributed by atoms with Crippen LogP contribution in [0.25, 0.3) is 5.69 Å². The SMILES string of the molecule is CC(N)c1ccc(CNC(=O)c2ccccc2-n2cnnn2)cc1. The van der Waals surface area contributed by atoms with Crippen LogP contribution in [0.5, 0.6) is 0 Å². The van der Waals surface area contributed by atoms with Crippen molar-refractivity contribution in [1.29, 1.82) is 0 Å². The molecule has 3 aromatic rings. The lowest BCUT2D eigenvalue weighted by Crippen LogP contribution is -2.24. The Morgan fingerprint density at radius 1 is 1.21 bits per heavy atom. The highest BCUT2D eigenvalue weighted by atomic mass is 16.1. The summed E-state index contributed by atoms with van der Waals surface area (Å²) in [5.74, 6) is -0.183. The van der Waals surface area contributed by atoms with E-state index < -0.39 is 0 Å². The second kappa shape index (κ2) is 7.01. The average molecular weight is 322 g/mol. The smallest absolute Gasteiger partial charge is 0.253 e. The number of benzene rings is 2. The second-order valence-corrected chi connectivity index (χ2v) is 5.48. The van der Waals surface area contributed by atoms with Crippen LogP contribution < -0.4 is 11.1 Å². The normalized spacial score (nSPS) is 11.9. The molecule has 3 rings (SSSR count). The van der Waals surface area contributed by atoms with E-state index in [1.165, 1.54) is 11.0 Å². The van der Waals surface area contributed by atoms with E-state index in [1.807, 2.05) is 37.3 Å². The maximum absolute atomic E-state index is 12.5. The zero-order valence-corrected chi connectivity index (χ0v) is 13.3. The minimum absolute atomic E-state index is 0.00296. The fourth-order valence-corrected chi connectivity index (χ4v) is 2.35. The molecule has 0 aliphatic heterocycles. The number of carbonyl (C=O) groups is 1. The third kappa shape index (κ3) is 3.47. The van der Waals surface area contributed by atoms with E-state index in [2.05, 4.69) is 20.8 Å². The van der Waals surface area contributed by atoms with Gasteiger partial charge in [0, 0.05) is 12.6 Å². The van der Waals surface area contributed by atoms with Crippen molar-refractivity contribution in [2.75, 3.05) is 0 Å². The molecule has 0 spiro atoms. The van der Waals surface area contributed by atoms with Crippen molar-refractivity contribution in [3.8, 4) is 5.69 Å². The Bertz CT molecular complexity index is 811. The molecule has 0 saturated carbocycles. The Balaban J connectivity index is 1.72. The highest BCUT2D eigenvalue weighted by molar-refractivity contribution is 5.97. The van der Waals surface area contributed by atoms with E-state index in [9.17, 15) is 4.79 Å². The molecular weight excluding hydrogens is 304 g/mol. The summed E-state index contributed by atoms with van der Waals surface area (Å²) in [7, 11) is 0. The number of hydrogen-bond acceptors (Lipinski definition) is 5. The van der Waals surface area contributed by atoms with Crippen molar-refractivity contribution in [2.24, 2.45) is 5.73 Å². The van der Waals surface area contributed by atoms with E-state index in [1.54, 1.807) is 18.2 Å². The summed E-state index contributed by atoms with van der Waals surface area (Å²) in [6.07, 6.45) is 1.46. The summed E-state index contributed by atoms with van der Waals surface area (Å²) in [6.45, 7) is 2.37. The van der Waals surface area contributed by atoms with Gasteiger partial charge < -0.3 is 11.1 Å². The van der Waals surface area contributed by atoms with E-state index in [0.29, 0.717) is 17.8 Å². The van der Waals surface area contributed by atoms with Crippen molar-refractivity contribution in [2.45, 2.75) is 19.5 Å². The van der Waals surface area contributed by atoms with Gasteiger partial charge in [-0.3, -0.25) is 4.79 Å². The Hall–Kier alpha value is -3.06. The first-order chi connectivity index (χ1) is 11.6. The number of carbonyl (C=O) groups excluding carboxylic acids is 1.